The maximum atomic E-state index is 10.4. The molecule has 1 unspecified atom stereocenters. The van der Waals surface area contributed by atoms with Crippen LogP contribution in [0.2, 0.25) is 0 Å². The van der Waals surface area contributed by atoms with Crippen LogP contribution in [0.3, 0.4) is 0 Å². The van der Waals surface area contributed by atoms with E-state index in [0.29, 0.717) is 13.0 Å². The molecule has 3 nitrogen and oxygen atoms in total. The third-order valence-electron chi connectivity index (χ3n) is 0.930. The highest BCUT2D eigenvalue weighted by atomic mass is 16.5. The SMILES string of the molecule is COCC(N)CC(C)=O. The maximum Gasteiger partial charge on any atom is 0.131 e. The Kier molecular flexibility index (Phi) is 4.26. The molecule has 0 rings (SSSR count). The molecule has 0 bridgehead atoms. The minimum Gasteiger partial charge on any atom is -0.383 e. The van der Waals surface area contributed by atoms with E-state index in [4.69, 9.17) is 10.5 Å². The van der Waals surface area contributed by atoms with Gasteiger partial charge in [0.2, 0.25) is 0 Å². The number of rotatable bonds is 4. The molecule has 0 fully saturated rings. The van der Waals surface area contributed by atoms with Crippen molar-refractivity contribution in [2.75, 3.05) is 13.7 Å². The minimum absolute atomic E-state index is 0.111. The standard InChI is InChI=1S/C6H13NO2/c1-5(8)3-6(7)4-9-2/h6H,3-4,7H2,1-2H3. The normalized spacial score (nSPS) is 13.2. The van der Waals surface area contributed by atoms with E-state index in [2.05, 4.69) is 0 Å². The summed E-state index contributed by atoms with van der Waals surface area (Å²) in [6, 6.07) is -0.132. The summed E-state index contributed by atoms with van der Waals surface area (Å²) in [4.78, 5) is 10.4. The van der Waals surface area contributed by atoms with Gasteiger partial charge in [-0.3, -0.25) is 4.79 Å². The molecule has 0 aliphatic heterocycles. The number of methoxy groups -OCH3 is 1. The van der Waals surface area contributed by atoms with E-state index in [9.17, 15) is 4.79 Å². The fourth-order valence-corrected chi connectivity index (χ4v) is 0.642. The van der Waals surface area contributed by atoms with Gasteiger partial charge in [-0.2, -0.15) is 0 Å². The van der Waals surface area contributed by atoms with Crippen LogP contribution in [0.5, 0.6) is 0 Å². The topological polar surface area (TPSA) is 52.3 Å². The number of hydrogen-bond donors (Lipinski definition) is 1. The summed E-state index contributed by atoms with van der Waals surface area (Å²) in [5.74, 6) is 0.111. The Hall–Kier alpha value is -0.410. The lowest BCUT2D eigenvalue weighted by atomic mass is 10.2. The zero-order valence-corrected chi connectivity index (χ0v) is 5.89. The molecule has 0 heterocycles. The van der Waals surface area contributed by atoms with Crippen LogP contribution >= 0.6 is 0 Å². The van der Waals surface area contributed by atoms with Gasteiger partial charge in [-0.1, -0.05) is 0 Å². The van der Waals surface area contributed by atoms with Crippen LogP contribution in [0.1, 0.15) is 13.3 Å². The second-order valence-electron chi connectivity index (χ2n) is 2.12. The van der Waals surface area contributed by atoms with Crippen molar-refractivity contribution < 1.29 is 9.53 Å². The predicted molar refractivity (Wildman–Crippen MR) is 35.1 cm³/mol. The van der Waals surface area contributed by atoms with Crippen molar-refractivity contribution in [2.24, 2.45) is 5.73 Å². The largest absolute Gasteiger partial charge is 0.383 e. The van der Waals surface area contributed by atoms with Gasteiger partial charge in [0.05, 0.1) is 6.61 Å². The molecule has 0 saturated carbocycles. The van der Waals surface area contributed by atoms with Crippen molar-refractivity contribution in [2.45, 2.75) is 19.4 Å². The van der Waals surface area contributed by atoms with Crippen LogP contribution in [-0.2, 0) is 9.53 Å². The Balaban J connectivity index is 3.26. The predicted octanol–water partition coefficient (Wildman–Crippen LogP) is -0.0608. The van der Waals surface area contributed by atoms with Gasteiger partial charge in [-0.25, -0.2) is 0 Å². The minimum atomic E-state index is -0.132. The van der Waals surface area contributed by atoms with Crippen molar-refractivity contribution in [1.82, 2.24) is 0 Å². The molecule has 3 heteroatoms. The van der Waals surface area contributed by atoms with E-state index >= 15 is 0 Å². The number of ether oxygens (including phenoxy) is 1. The number of carbonyl (C=O) groups excluding carboxylic acids is 1. The number of ketones is 1. The van der Waals surface area contributed by atoms with Crippen LogP contribution in [-0.4, -0.2) is 25.5 Å². The summed E-state index contributed by atoms with van der Waals surface area (Å²) in [5, 5.41) is 0. The van der Waals surface area contributed by atoms with E-state index in [-0.39, 0.29) is 11.8 Å². The molecular formula is C6H13NO2. The lowest BCUT2D eigenvalue weighted by Gasteiger charge is -2.05. The average Bonchev–Trinajstić information content (AvgIpc) is 1.63. The Labute approximate surface area is 55.2 Å². The summed E-state index contributed by atoms with van der Waals surface area (Å²) < 4.78 is 4.73. The highest BCUT2D eigenvalue weighted by Gasteiger charge is 2.03. The highest BCUT2D eigenvalue weighted by molar-refractivity contribution is 5.76. The van der Waals surface area contributed by atoms with Crippen molar-refractivity contribution >= 4 is 5.78 Å². The summed E-state index contributed by atoms with van der Waals surface area (Å²) in [6.07, 6.45) is 0.411. The Morgan fingerprint density at radius 2 is 2.33 bits per heavy atom. The molecule has 0 saturated heterocycles. The smallest absolute Gasteiger partial charge is 0.131 e. The molecule has 0 aromatic heterocycles. The van der Waals surface area contributed by atoms with Gasteiger partial charge in [-0.15, -0.1) is 0 Å². The second-order valence-corrected chi connectivity index (χ2v) is 2.12. The van der Waals surface area contributed by atoms with Gasteiger partial charge in [0.25, 0.3) is 0 Å². The number of carbonyl (C=O) groups is 1. The first kappa shape index (κ1) is 8.59. The van der Waals surface area contributed by atoms with E-state index in [0.717, 1.165) is 0 Å². The lowest BCUT2D eigenvalue weighted by Crippen LogP contribution is -2.27. The molecule has 0 aromatic carbocycles. The van der Waals surface area contributed by atoms with Crippen molar-refractivity contribution in [3.05, 3.63) is 0 Å². The highest BCUT2D eigenvalue weighted by Crippen LogP contribution is 1.88. The molecule has 0 aromatic rings. The second kappa shape index (κ2) is 4.47. The first-order valence-electron chi connectivity index (χ1n) is 2.90. The van der Waals surface area contributed by atoms with E-state index in [1.54, 1.807) is 7.11 Å². The first-order valence-corrected chi connectivity index (χ1v) is 2.90. The molecule has 0 amide bonds. The van der Waals surface area contributed by atoms with Crippen molar-refractivity contribution in [3.63, 3.8) is 0 Å². The van der Waals surface area contributed by atoms with Crippen LogP contribution in [0.15, 0.2) is 0 Å². The van der Waals surface area contributed by atoms with E-state index in [1.165, 1.54) is 6.92 Å². The van der Waals surface area contributed by atoms with Gasteiger partial charge >= 0.3 is 0 Å². The van der Waals surface area contributed by atoms with Gasteiger partial charge in [0.15, 0.2) is 0 Å². The molecule has 1 atom stereocenters. The van der Waals surface area contributed by atoms with Gasteiger partial charge < -0.3 is 10.5 Å². The average molecular weight is 131 g/mol. The fourth-order valence-electron chi connectivity index (χ4n) is 0.642. The molecule has 54 valence electrons. The quantitative estimate of drug-likeness (QED) is 0.581. The molecule has 0 radical (unpaired) electrons. The monoisotopic (exact) mass is 131 g/mol. The Morgan fingerprint density at radius 1 is 1.78 bits per heavy atom. The molecule has 9 heavy (non-hydrogen) atoms. The lowest BCUT2D eigenvalue weighted by molar-refractivity contribution is -0.117. The van der Waals surface area contributed by atoms with Crippen LogP contribution in [0.25, 0.3) is 0 Å². The third kappa shape index (κ3) is 5.46. The molecule has 0 spiro atoms. The zero-order valence-electron chi connectivity index (χ0n) is 5.89. The summed E-state index contributed by atoms with van der Waals surface area (Å²) in [5.41, 5.74) is 5.44. The molecule has 0 aliphatic carbocycles. The van der Waals surface area contributed by atoms with Gasteiger partial charge in [0, 0.05) is 19.6 Å². The van der Waals surface area contributed by atoms with Gasteiger partial charge in [-0.05, 0) is 6.92 Å². The summed E-state index contributed by atoms with van der Waals surface area (Å²) in [6.45, 7) is 1.98. The van der Waals surface area contributed by atoms with Gasteiger partial charge in [0.1, 0.15) is 5.78 Å². The van der Waals surface area contributed by atoms with E-state index < -0.39 is 0 Å². The first-order chi connectivity index (χ1) is 4.16. The maximum absolute atomic E-state index is 10.4. The van der Waals surface area contributed by atoms with Crippen LogP contribution < -0.4 is 5.73 Å². The van der Waals surface area contributed by atoms with E-state index in [1.807, 2.05) is 0 Å². The fraction of sp³-hybridized carbons (Fsp3) is 0.833. The Morgan fingerprint density at radius 3 is 2.67 bits per heavy atom. The summed E-state index contributed by atoms with van der Waals surface area (Å²) in [7, 11) is 1.57. The molecule has 2 N–H and O–H groups in total. The van der Waals surface area contributed by atoms with Crippen molar-refractivity contribution in [1.29, 1.82) is 0 Å². The Bertz CT molecular complexity index is 93.1. The van der Waals surface area contributed by atoms with Crippen LogP contribution in [0.4, 0.5) is 0 Å². The summed E-state index contributed by atoms with van der Waals surface area (Å²) >= 11 is 0. The molecular weight excluding hydrogens is 118 g/mol. The van der Waals surface area contributed by atoms with Crippen LogP contribution in [0, 0.1) is 0 Å². The third-order valence-corrected chi connectivity index (χ3v) is 0.930. The van der Waals surface area contributed by atoms with Crippen molar-refractivity contribution in [3.8, 4) is 0 Å². The zero-order chi connectivity index (χ0) is 7.28. The number of Topliss-reactive ketones (excluding diaryl/α,β-unsaturated/α-hetero) is 1. The number of nitrogens with two attached hydrogens (primary N) is 1. The molecule has 0 aliphatic rings. The number of hydrogen-bond acceptors (Lipinski definition) is 3.